The van der Waals surface area contributed by atoms with E-state index in [0.717, 1.165) is 56.8 Å². The first-order chi connectivity index (χ1) is 13.1. The van der Waals surface area contributed by atoms with Crippen LogP contribution in [0.1, 0.15) is 45.4 Å². The zero-order valence-electron chi connectivity index (χ0n) is 17.1. The van der Waals surface area contributed by atoms with Crippen molar-refractivity contribution in [3.05, 3.63) is 24.3 Å². The Bertz CT molecular complexity index is 647. The molecule has 0 bridgehead atoms. The van der Waals surface area contributed by atoms with E-state index in [1.165, 1.54) is 12.8 Å². The molecule has 0 saturated carbocycles. The van der Waals surface area contributed by atoms with Crippen molar-refractivity contribution >= 4 is 48.0 Å². The van der Waals surface area contributed by atoms with Crippen molar-refractivity contribution in [2.75, 3.05) is 36.4 Å². The van der Waals surface area contributed by atoms with Crippen LogP contribution in [0.5, 0.6) is 0 Å². The van der Waals surface area contributed by atoms with Crippen LogP contribution in [0.15, 0.2) is 24.3 Å². The second kappa shape index (κ2) is 12.9. The predicted molar refractivity (Wildman–Crippen MR) is 123 cm³/mol. The first-order valence-corrected chi connectivity index (χ1v) is 10.3. The maximum absolute atomic E-state index is 12.4. The molecule has 3 N–H and O–H groups in total. The van der Waals surface area contributed by atoms with Crippen molar-refractivity contribution < 1.29 is 9.59 Å². The number of anilines is 2. The van der Waals surface area contributed by atoms with Gasteiger partial charge in [-0.25, -0.2) is 0 Å². The molecule has 1 atom stereocenters. The maximum atomic E-state index is 12.4. The van der Waals surface area contributed by atoms with Gasteiger partial charge in [0.1, 0.15) is 6.04 Å². The third-order valence-electron chi connectivity index (χ3n) is 5.59. The fourth-order valence-corrected chi connectivity index (χ4v) is 3.89. The number of nitrogens with one attached hydrogen (secondary N) is 3. The van der Waals surface area contributed by atoms with E-state index in [9.17, 15) is 9.59 Å². The van der Waals surface area contributed by atoms with E-state index in [1.807, 2.05) is 18.2 Å². The summed E-state index contributed by atoms with van der Waals surface area (Å²) in [6, 6.07) is 7.40. The molecule has 2 aliphatic rings. The predicted octanol–water partition coefficient (Wildman–Crippen LogP) is 3.35. The van der Waals surface area contributed by atoms with Crippen LogP contribution in [-0.2, 0) is 9.59 Å². The normalized spacial score (nSPS) is 17.6. The van der Waals surface area contributed by atoms with E-state index >= 15 is 0 Å². The van der Waals surface area contributed by atoms with Crippen LogP contribution < -0.4 is 20.9 Å². The molecule has 8 heteroatoms. The minimum Gasteiger partial charge on any atom is -0.371 e. The molecule has 0 spiro atoms. The summed E-state index contributed by atoms with van der Waals surface area (Å²) in [5, 5.41) is 9.10. The van der Waals surface area contributed by atoms with E-state index in [4.69, 9.17) is 0 Å². The summed E-state index contributed by atoms with van der Waals surface area (Å²) < 4.78 is 0. The largest absolute Gasteiger partial charge is 0.371 e. The number of rotatable bonds is 7. The van der Waals surface area contributed by atoms with Gasteiger partial charge in [0.15, 0.2) is 0 Å². The zero-order valence-corrected chi connectivity index (χ0v) is 18.7. The summed E-state index contributed by atoms with van der Waals surface area (Å²) in [5.41, 5.74) is 1.92. The highest BCUT2D eigenvalue weighted by Crippen LogP contribution is 2.23. The molecule has 164 valence electrons. The van der Waals surface area contributed by atoms with E-state index < -0.39 is 6.04 Å². The Morgan fingerprint density at radius 2 is 1.86 bits per heavy atom. The third-order valence-corrected chi connectivity index (χ3v) is 5.59. The molecular weight excluding hydrogens is 411 g/mol. The second-order valence-corrected chi connectivity index (χ2v) is 7.75. The molecule has 2 saturated heterocycles. The summed E-state index contributed by atoms with van der Waals surface area (Å²) in [6.45, 7) is 5.97. The van der Waals surface area contributed by atoms with Crippen LogP contribution >= 0.6 is 24.8 Å². The van der Waals surface area contributed by atoms with Crippen LogP contribution in [0.3, 0.4) is 0 Å². The van der Waals surface area contributed by atoms with Gasteiger partial charge in [-0.2, -0.15) is 0 Å². The average molecular weight is 445 g/mol. The number of piperidine rings is 1. The molecule has 0 aromatic heterocycles. The average Bonchev–Trinajstić information content (AvgIpc) is 3.22. The van der Waals surface area contributed by atoms with Gasteiger partial charge in [-0.05, 0) is 76.2 Å². The van der Waals surface area contributed by atoms with Crippen LogP contribution in [0.2, 0.25) is 0 Å². The summed E-state index contributed by atoms with van der Waals surface area (Å²) in [6.07, 6.45) is 6.11. The molecule has 2 heterocycles. The van der Waals surface area contributed by atoms with Gasteiger partial charge in [0.25, 0.3) is 0 Å². The van der Waals surface area contributed by atoms with Crippen molar-refractivity contribution in [1.82, 2.24) is 10.6 Å². The van der Waals surface area contributed by atoms with Gasteiger partial charge in [0, 0.05) is 30.9 Å². The van der Waals surface area contributed by atoms with Crippen LogP contribution in [-0.4, -0.2) is 44.0 Å². The highest BCUT2D eigenvalue weighted by molar-refractivity contribution is 5.97. The highest BCUT2D eigenvalue weighted by atomic mass is 35.5. The first kappa shape index (κ1) is 25.5. The fraction of sp³-hybridized carbons (Fsp3) is 0.619. The van der Waals surface area contributed by atoms with Gasteiger partial charge in [-0.3, -0.25) is 9.59 Å². The smallest absolute Gasteiger partial charge is 0.246 e. The molecule has 3 rings (SSSR count). The summed E-state index contributed by atoms with van der Waals surface area (Å²) in [4.78, 5) is 26.9. The SMILES string of the molecule is CC(NC(=O)CCC1CCNCC1)C(=O)Nc1cccc(N2CCCC2)c1.Cl.Cl. The topological polar surface area (TPSA) is 73.5 Å². The minimum absolute atomic E-state index is 0. The van der Waals surface area contributed by atoms with Gasteiger partial charge in [-0.1, -0.05) is 6.07 Å². The number of benzene rings is 1. The van der Waals surface area contributed by atoms with Gasteiger partial charge in [0.05, 0.1) is 0 Å². The summed E-state index contributed by atoms with van der Waals surface area (Å²) in [7, 11) is 0. The maximum Gasteiger partial charge on any atom is 0.246 e. The lowest BCUT2D eigenvalue weighted by molar-refractivity contribution is -0.126. The van der Waals surface area contributed by atoms with Crippen molar-refractivity contribution in [1.29, 1.82) is 0 Å². The van der Waals surface area contributed by atoms with Crippen molar-refractivity contribution in [3.8, 4) is 0 Å². The Hall–Kier alpha value is -1.50. The van der Waals surface area contributed by atoms with Crippen LogP contribution in [0, 0.1) is 5.92 Å². The van der Waals surface area contributed by atoms with Crippen molar-refractivity contribution in [3.63, 3.8) is 0 Å². The molecule has 2 aliphatic heterocycles. The number of halogens is 2. The Balaban J connectivity index is 0.00000210. The second-order valence-electron chi connectivity index (χ2n) is 7.75. The fourth-order valence-electron chi connectivity index (χ4n) is 3.89. The quantitative estimate of drug-likeness (QED) is 0.602. The van der Waals surface area contributed by atoms with Gasteiger partial charge >= 0.3 is 0 Å². The van der Waals surface area contributed by atoms with Crippen molar-refractivity contribution in [2.24, 2.45) is 5.92 Å². The van der Waals surface area contributed by atoms with Gasteiger partial charge < -0.3 is 20.9 Å². The Morgan fingerprint density at radius 1 is 1.17 bits per heavy atom. The van der Waals surface area contributed by atoms with E-state index in [1.54, 1.807) is 6.92 Å². The highest BCUT2D eigenvalue weighted by Gasteiger charge is 2.19. The monoisotopic (exact) mass is 444 g/mol. The number of hydrogen-bond donors (Lipinski definition) is 3. The number of carbonyl (C=O) groups excluding carboxylic acids is 2. The van der Waals surface area contributed by atoms with E-state index in [0.29, 0.717) is 12.3 Å². The van der Waals surface area contributed by atoms with E-state index in [-0.39, 0.29) is 36.6 Å². The Morgan fingerprint density at radius 3 is 2.55 bits per heavy atom. The van der Waals surface area contributed by atoms with E-state index in [2.05, 4.69) is 26.9 Å². The minimum atomic E-state index is -0.541. The molecule has 29 heavy (non-hydrogen) atoms. The molecule has 1 aromatic carbocycles. The molecule has 0 radical (unpaired) electrons. The molecule has 2 fully saturated rings. The van der Waals surface area contributed by atoms with Gasteiger partial charge in [-0.15, -0.1) is 24.8 Å². The molecule has 0 aliphatic carbocycles. The Labute approximate surface area is 186 Å². The molecule has 1 aromatic rings. The van der Waals surface area contributed by atoms with Crippen molar-refractivity contribution in [2.45, 2.75) is 51.5 Å². The third kappa shape index (κ3) is 8.03. The molecule has 1 unspecified atom stereocenters. The summed E-state index contributed by atoms with van der Waals surface area (Å²) >= 11 is 0. The standard InChI is InChI=1S/C21H32N4O2.2ClH/c1-16(23-20(26)8-7-17-9-11-22-12-10-17)21(27)24-18-5-4-6-19(15-18)25-13-2-3-14-25;;/h4-6,15-17,22H,2-3,7-14H2,1H3,(H,23,26)(H,24,27);2*1H. The lowest BCUT2D eigenvalue weighted by Crippen LogP contribution is -2.41. The molecule has 2 amide bonds. The van der Waals surface area contributed by atoms with Crippen LogP contribution in [0.25, 0.3) is 0 Å². The lowest BCUT2D eigenvalue weighted by Gasteiger charge is -2.22. The van der Waals surface area contributed by atoms with Crippen LogP contribution in [0.4, 0.5) is 11.4 Å². The van der Waals surface area contributed by atoms with Gasteiger partial charge in [0.2, 0.25) is 11.8 Å². The summed E-state index contributed by atoms with van der Waals surface area (Å²) in [5.74, 6) is 0.403. The zero-order chi connectivity index (χ0) is 19.1. The number of amides is 2. The number of hydrogen-bond acceptors (Lipinski definition) is 4. The molecular formula is C21H34Cl2N4O2. The number of nitrogens with zero attached hydrogens (tertiary/aromatic N) is 1. The lowest BCUT2D eigenvalue weighted by atomic mass is 9.93. The first-order valence-electron chi connectivity index (χ1n) is 10.3. The number of carbonyl (C=O) groups is 2. The molecule has 6 nitrogen and oxygen atoms in total. The Kier molecular flexibility index (Phi) is 11.4.